The maximum atomic E-state index is 14.0. The first-order valence-electron chi connectivity index (χ1n) is 10.4. The zero-order chi connectivity index (χ0) is 24.1. The molecule has 8 heteroatoms. The van der Waals surface area contributed by atoms with Gasteiger partial charge in [0.15, 0.2) is 15.6 Å². The van der Waals surface area contributed by atoms with Gasteiger partial charge in [-0.05, 0) is 53.7 Å². The van der Waals surface area contributed by atoms with Crippen LogP contribution < -0.4 is 4.90 Å². The fourth-order valence-electron chi connectivity index (χ4n) is 3.47. The lowest BCUT2D eigenvalue weighted by molar-refractivity contribution is -0.145. The van der Waals surface area contributed by atoms with Crippen LogP contribution in [0, 0.1) is 5.41 Å². The number of fused-ring (bicyclic) bond motifs is 1. The lowest BCUT2D eigenvalue weighted by Gasteiger charge is -2.35. The van der Waals surface area contributed by atoms with Gasteiger partial charge in [0.1, 0.15) is 10.6 Å². The van der Waals surface area contributed by atoms with E-state index in [1.165, 1.54) is 0 Å². The van der Waals surface area contributed by atoms with E-state index in [1.54, 1.807) is 65.1 Å². The second kappa shape index (κ2) is 8.19. The van der Waals surface area contributed by atoms with Crippen molar-refractivity contribution in [1.29, 1.82) is 0 Å². The molecule has 1 aliphatic rings. The summed E-state index contributed by atoms with van der Waals surface area (Å²) in [5.74, 6) is -0.646. The SMILES string of the molecule is CCN(C)c1cccc(C2=C(OC(=O)C(C)(C)C)c3ncccc3C(C)(C)S2(=O)=O)c1Cl. The van der Waals surface area contributed by atoms with E-state index >= 15 is 0 Å². The van der Waals surface area contributed by atoms with Gasteiger partial charge in [0, 0.05) is 30.9 Å². The Bertz CT molecular complexity index is 1210. The van der Waals surface area contributed by atoms with Crippen molar-refractivity contribution in [2.24, 2.45) is 5.41 Å². The molecule has 2 aromatic rings. The number of anilines is 1. The number of hydrogen-bond acceptors (Lipinski definition) is 6. The quantitative estimate of drug-likeness (QED) is 0.559. The number of benzene rings is 1. The molecule has 0 N–H and O–H groups in total. The van der Waals surface area contributed by atoms with Crippen LogP contribution >= 0.6 is 11.6 Å². The Hall–Kier alpha value is -2.38. The van der Waals surface area contributed by atoms with Gasteiger partial charge in [0.05, 0.1) is 20.9 Å². The summed E-state index contributed by atoms with van der Waals surface area (Å²) in [5, 5.41) is 0.273. The maximum Gasteiger partial charge on any atom is 0.316 e. The van der Waals surface area contributed by atoms with Gasteiger partial charge in [-0.1, -0.05) is 29.8 Å². The predicted molar refractivity (Wildman–Crippen MR) is 129 cm³/mol. The van der Waals surface area contributed by atoms with Gasteiger partial charge < -0.3 is 9.64 Å². The van der Waals surface area contributed by atoms with Crippen LogP contribution in [0.4, 0.5) is 5.69 Å². The van der Waals surface area contributed by atoms with Gasteiger partial charge in [-0.15, -0.1) is 0 Å². The van der Waals surface area contributed by atoms with Crippen LogP contribution in [0.3, 0.4) is 0 Å². The van der Waals surface area contributed by atoms with Crippen LogP contribution in [0.2, 0.25) is 5.02 Å². The smallest absolute Gasteiger partial charge is 0.316 e. The number of ether oxygens (including phenoxy) is 1. The third kappa shape index (κ3) is 3.82. The van der Waals surface area contributed by atoms with Crippen molar-refractivity contribution in [3.05, 3.63) is 58.4 Å². The molecule has 0 atom stereocenters. The first-order chi connectivity index (χ1) is 14.7. The van der Waals surface area contributed by atoms with Crippen molar-refractivity contribution in [2.45, 2.75) is 46.3 Å². The van der Waals surface area contributed by atoms with Gasteiger partial charge in [-0.25, -0.2) is 8.42 Å². The minimum atomic E-state index is -4.02. The minimum absolute atomic E-state index is 0.0851. The number of halogens is 1. The highest BCUT2D eigenvalue weighted by atomic mass is 35.5. The molecule has 2 heterocycles. The van der Waals surface area contributed by atoms with E-state index in [1.807, 2.05) is 24.9 Å². The Labute approximate surface area is 195 Å². The third-order valence-electron chi connectivity index (χ3n) is 5.73. The first-order valence-corrected chi connectivity index (χ1v) is 12.3. The number of pyridine rings is 1. The number of nitrogens with zero attached hydrogens (tertiary/aromatic N) is 2. The number of hydrogen-bond donors (Lipinski definition) is 0. The Morgan fingerprint density at radius 3 is 2.44 bits per heavy atom. The maximum absolute atomic E-state index is 14.0. The molecule has 6 nitrogen and oxygen atoms in total. The van der Waals surface area contributed by atoms with Crippen molar-refractivity contribution in [3.8, 4) is 0 Å². The molecule has 0 saturated heterocycles. The third-order valence-corrected chi connectivity index (χ3v) is 8.64. The van der Waals surface area contributed by atoms with Gasteiger partial charge in [-0.2, -0.15) is 0 Å². The summed E-state index contributed by atoms with van der Waals surface area (Å²) < 4.78 is 32.5. The van der Waals surface area contributed by atoms with E-state index in [0.717, 1.165) is 0 Å². The molecule has 0 unspecified atom stereocenters. The summed E-state index contributed by atoms with van der Waals surface area (Å²) in [5.41, 5.74) is 0.910. The minimum Gasteiger partial charge on any atom is -0.422 e. The van der Waals surface area contributed by atoms with Crippen LogP contribution in [-0.4, -0.2) is 33.0 Å². The molecule has 1 aliphatic heterocycles. The molecular formula is C24H29ClN2O4S. The molecule has 0 spiro atoms. The standard InChI is InChI=1S/C24H29ClN2O4S/c1-8-27(7)17-13-9-11-15(18(17)25)21-20(31-22(28)23(2,3)4)19-16(12-10-14-26-19)24(5,6)32(21,29)30/h9-14H,8H2,1-7H3. The van der Waals surface area contributed by atoms with E-state index in [2.05, 4.69) is 4.98 Å². The van der Waals surface area contributed by atoms with Crippen LogP contribution in [0.1, 0.15) is 58.4 Å². The van der Waals surface area contributed by atoms with Gasteiger partial charge in [0.25, 0.3) is 0 Å². The summed E-state index contributed by atoms with van der Waals surface area (Å²) in [4.78, 5) is 19.1. The highest BCUT2D eigenvalue weighted by Crippen LogP contribution is 2.51. The number of sulfone groups is 1. The van der Waals surface area contributed by atoms with E-state index in [-0.39, 0.29) is 21.3 Å². The summed E-state index contributed by atoms with van der Waals surface area (Å²) in [6.45, 7) is 11.0. The zero-order valence-corrected chi connectivity index (χ0v) is 21.1. The predicted octanol–water partition coefficient (Wildman–Crippen LogP) is 5.27. The largest absolute Gasteiger partial charge is 0.422 e. The van der Waals surface area contributed by atoms with E-state index in [4.69, 9.17) is 16.3 Å². The van der Waals surface area contributed by atoms with Crippen molar-refractivity contribution in [3.63, 3.8) is 0 Å². The lowest BCUT2D eigenvalue weighted by Crippen LogP contribution is -2.36. The lowest BCUT2D eigenvalue weighted by atomic mass is 9.96. The van der Waals surface area contributed by atoms with Crippen molar-refractivity contribution in [1.82, 2.24) is 4.98 Å². The summed E-state index contributed by atoms with van der Waals surface area (Å²) in [6.07, 6.45) is 1.55. The summed E-state index contributed by atoms with van der Waals surface area (Å²) >= 11 is 6.75. The fourth-order valence-corrected chi connectivity index (χ4v) is 5.70. The van der Waals surface area contributed by atoms with E-state index in [9.17, 15) is 13.2 Å². The molecule has 0 fully saturated rings. The fraction of sp³-hybridized carbons (Fsp3) is 0.417. The molecule has 172 valence electrons. The van der Waals surface area contributed by atoms with Gasteiger partial charge >= 0.3 is 5.97 Å². The Kier molecular flexibility index (Phi) is 6.21. The average Bonchev–Trinajstić information content (AvgIpc) is 2.72. The number of rotatable bonds is 4. The second-order valence-electron chi connectivity index (χ2n) is 9.36. The molecule has 0 saturated carbocycles. The van der Waals surface area contributed by atoms with Gasteiger partial charge in [0.2, 0.25) is 0 Å². The molecule has 32 heavy (non-hydrogen) atoms. The Balaban J connectivity index is 2.45. The summed E-state index contributed by atoms with van der Waals surface area (Å²) in [7, 11) is -2.15. The zero-order valence-electron chi connectivity index (χ0n) is 19.5. The molecule has 1 aromatic heterocycles. The Morgan fingerprint density at radius 1 is 1.19 bits per heavy atom. The van der Waals surface area contributed by atoms with E-state index < -0.39 is 26.0 Å². The number of esters is 1. The summed E-state index contributed by atoms with van der Waals surface area (Å²) in [6, 6.07) is 8.58. The molecule has 3 rings (SSSR count). The number of aromatic nitrogens is 1. The topological polar surface area (TPSA) is 76.6 Å². The number of carbonyl (C=O) groups excluding carboxylic acids is 1. The van der Waals surface area contributed by atoms with Crippen LogP contribution in [0.25, 0.3) is 10.7 Å². The van der Waals surface area contributed by atoms with Gasteiger partial charge in [-0.3, -0.25) is 9.78 Å². The molecular weight excluding hydrogens is 448 g/mol. The normalized spacial score (nSPS) is 17.0. The van der Waals surface area contributed by atoms with Crippen LogP contribution in [0.15, 0.2) is 36.5 Å². The van der Waals surface area contributed by atoms with E-state index in [0.29, 0.717) is 23.5 Å². The number of carbonyl (C=O) groups is 1. The van der Waals surface area contributed by atoms with Crippen LogP contribution in [0.5, 0.6) is 0 Å². The van der Waals surface area contributed by atoms with Crippen molar-refractivity contribution < 1.29 is 17.9 Å². The monoisotopic (exact) mass is 476 g/mol. The van der Waals surface area contributed by atoms with Crippen LogP contribution in [-0.2, 0) is 24.1 Å². The molecule has 0 aliphatic carbocycles. The molecule has 1 aromatic carbocycles. The molecule has 0 bridgehead atoms. The highest BCUT2D eigenvalue weighted by Gasteiger charge is 2.49. The highest BCUT2D eigenvalue weighted by molar-refractivity contribution is 8.01. The molecule has 0 amide bonds. The first kappa shape index (κ1) is 24.3. The average molecular weight is 477 g/mol. The molecule has 0 radical (unpaired) electrons. The van der Waals surface area contributed by atoms with Crippen molar-refractivity contribution in [2.75, 3.05) is 18.5 Å². The second-order valence-corrected chi connectivity index (χ2v) is 12.2. The Morgan fingerprint density at radius 2 is 1.84 bits per heavy atom. The van der Waals surface area contributed by atoms with Crippen molar-refractivity contribution >= 4 is 43.8 Å².